The Kier molecular flexibility index (Phi) is 6.12. The second-order valence-electron chi connectivity index (χ2n) is 5.82. The highest BCUT2D eigenvalue weighted by atomic mass is 32.2. The van der Waals surface area contributed by atoms with Crippen LogP contribution in [-0.4, -0.2) is 63.4 Å². The van der Waals surface area contributed by atoms with E-state index in [9.17, 15) is 18.0 Å². The number of methoxy groups -OCH3 is 1. The lowest BCUT2D eigenvalue weighted by Crippen LogP contribution is -2.37. The van der Waals surface area contributed by atoms with Gasteiger partial charge in [-0.2, -0.15) is 0 Å². The lowest BCUT2D eigenvalue weighted by Gasteiger charge is -2.24. The average Bonchev–Trinajstić information content (AvgIpc) is 3.02. The fraction of sp³-hybridized carbons (Fsp3) is 0.500. The molecular weight excluding hydrogens is 364 g/mol. The third-order valence-electron chi connectivity index (χ3n) is 4.01. The molecule has 1 amide bonds. The molecule has 1 aliphatic heterocycles. The summed E-state index contributed by atoms with van der Waals surface area (Å²) in [7, 11) is 0.557. The molecule has 1 unspecified atom stereocenters. The van der Waals surface area contributed by atoms with E-state index >= 15 is 0 Å². The second kappa shape index (κ2) is 7.76. The predicted octanol–water partition coefficient (Wildman–Crippen LogP) is 1.12. The SMILES string of the molecule is COC(=O)CSC(C)C(=O)N1CCc2cccc(S(=O)(=O)N(C)C)c21. The predicted molar refractivity (Wildman–Crippen MR) is 97.3 cm³/mol. The number of fused-ring (bicyclic) bond motifs is 1. The van der Waals surface area contributed by atoms with Gasteiger partial charge in [0.25, 0.3) is 0 Å². The summed E-state index contributed by atoms with van der Waals surface area (Å²) in [5.74, 6) is -0.543. The monoisotopic (exact) mass is 386 g/mol. The lowest BCUT2D eigenvalue weighted by atomic mass is 10.2. The van der Waals surface area contributed by atoms with E-state index in [2.05, 4.69) is 4.74 Å². The van der Waals surface area contributed by atoms with E-state index in [1.54, 1.807) is 13.0 Å². The van der Waals surface area contributed by atoms with E-state index in [-0.39, 0.29) is 16.6 Å². The largest absolute Gasteiger partial charge is 0.468 e. The molecule has 0 bridgehead atoms. The van der Waals surface area contributed by atoms with Crippen molar-refractivity contribution >= 4 is 39.3 Å². The fourth-order valence-corrected chi connectivity index (χ4v) is 4.49. The molecular formula is C16H22N2O5S2. The smallest absolute Gasteiger partial charge is 0.315 e. The fourth-order valence-electron chi connectivity index (χ4n) is 2.59. The number of sulfonamides is 1. The Balaban J connectivity index is 2.32. The van der Waals surface area contributed by atoms with Crippen LogP contribution >= 0.6 is 11.8 Å². The standard InChI is InChI=1S/C16H22N2O5S2/c1-11(24-10-14(19)23-4)16(20)18-9-8-12-6-5-7-13(15(12)18)25(21,22)17(2)3/h5-7,11H,8-10H2,1-4H3. The molecule has 0 saturated heterocycles. The summed E-state index contributed by atoms with van der Waals surface area (Å²) in [4.78, 5) is 25.7. The molecule has 0 N–H and O–H groups in total. The minimum absolute atomic E-state index is 0.0712. The van der Waals surface area contributed by atoms with Crippen LogP contribution in [0.2, 0.25) is 0 Å². The van der Waals surface area contributed by atoms with E-state index in [4.69, 9.17) is 0 Å². The number of benzene rings is 1. The quantitative estimate of drug-likeness (QED) is 0.682. The van der Waals surface area contributed by atoms with Gasteiger partial charge in [-0.1, -0.05) is 12.1 Å². The third-order valence-corrected chi connectivity index (χ3v) is 6.96. The highest BCUT2D eigenvalue weighted by molar-refractivity contribution is 8.01. The van der Waals surface area contributed by atoms with Crippen molar-refractivity contribution in [3.8, 4) is 0 Å². The van der Waals surface area contributed by atoms with Crippen LogP contribution in [0.15, 0.2) is 23.1 Å². The van der Waals surface area contributed by atoms with Crippen LogP contribution < -0.4 is 4.90 Å². The number of rotatable bonds is 6. The topological polar surface area (TPSA) is 84.0 Å². The van der Waals surface area contributed by atoms with Gasteiger partial charge >= 0.3 is 5.97 Å². The zero-order chi connectivity index (χ0) is 18.8. The molecule has 1 aromatic rings. The van der Waals surface area contributed by atoms with Gasteiger partial charge in [-0.25, -0.2) is 12.7 Å². The summed E-state index contributed by atoms with van der Waals surface area (Å²) >= 11 is 1.17. The average molecular weight is 386 g/mol. The second-order valence-corrected chi connectivity index (χ2v) is 9.27. The third kappa shape index (κ3) is 3.99. The number of nitrogens with zero attached hydrogens (tertiary/aromatic N) is 2. The van der Waals surface area contributed by atoms with Gasteiger partial charge in [0.1, 0.15) is 4.90 Å². The van der Waals surface area contributed by atoms with Crippen molar-refractivity contribution in [3.05, 3.63) is 23.8 Å². The minimum Gasteiger partial charge on any atom is -0.468 e. The van der Waals surface area contributed by atoms with Gasteiger partial charge < -0.3 is 9.64 Å². The highest BCUT2D eigenvalue weighted by Gasteiger charge is 2.34. The molecule has 0 fully saturated rings. The lowest BCUT2D eigenvalue weighted by molar-refractivity contribution is -0.137. The van der Waals surface area contributed by atoms with Crippen LogP contribution in [-0.2, 0) is 30.8 Å². The number of hydrogen-bond donors (Lipinski definition) is 0. The molecule has 0 spiro atoms. The molecule has 1 aliphatic rings. The van der Waals surface area contributed by atoms with Gasteiger partial charge in [-0.05, 0) is 25.0 Å². The number of esters is 1. The first-order valence-corrected chi connectivity index (χ1v) is 10.2. The molecule has 0 saturated carbocycles. The normalized spacial score (nSPS) is 15.2. The first-order chi connectivity index (χ1) is 11.7. The van der Waals surface area contributed by atoms with Gasteiger partial charge in [0.15, 0.2) is 0 Å². The van der Waals surface area contributed by atoms with Crippen LogP contribution in [0.4, 0.5) is 5.69 Å². The van der Waals surface area contributed by atoms with E-state index in [0.717, 1.165) is 9.87 Å². The highest BCUT2D eigenvalue weighted by Crippen LogP contribution is 2.36. The number of carbonyl (C=O) groups excluding carboxylic acids is 2. The molecule has 1 heterocycles. The van der Waals surface area contributed by atoms with E-state index in [0.29, 0.717) is 18.7 Å². The number of hydrogen-bond acceptors (Lipinski definition) is 6. The Morgan fingerprint density at radius 2 is 2.04 bits per heavy atom. The molecule has 25 heavy (non-hydrogen) atoms. The van der Waals surface area contributed by atoms with Gasteiger partial charge in [-0.3, -0.25) is 9.59 Å². The van der Waals surface area contributed by atoms with E-state index in [1.165, 1.54) is 43.9 Å². The summed E-state index contributed by atoms with van der Waals surface area (Å²) in [6.45, 7) is 2.13. The maximum atomic E-state index is 12.8. The maximum Gasteiger partial charge on any atom is 0.315 e. The zero-order valence-electron chi connectivity index (χ0n) is 14.7. The van der Waals surface area contributed by atoms with Crippen molar-refractivity contribution in [3.63, 3.8) is 0 Å². The molecule has 7 nitrogen and oxygen atoms in total. The summed E-state index contributed by atoms with van der Waals surface area (Å²) in [6.07, 6.45) is 0.603. The summed E-state index contributed by atoms with van der Waals surface area (Å²) in [6, 6.07) is 5.05. The molecule has 9 heteroatoms. The van der Waals surface area contributed by atoms with Crippen molar-refractivity contribution in [1.82, 2.24) is 4.31 Å². The van der Waals surface area contributed by atoms with E-state index in [1.807, 2.05) is 6.07 Å². The number of carbonyl (C=O) groups is 2. The number of para-hydroxylation sites is 1. The molecule has 0 aliphatic carbocycles. The number of amides is 1. The van der Waals surface area contributed by atoms with Gasteiger partial charge in [-0.15, -0.1) is 11.8 Å². The Morgan fingerprint density at radius 1 is 1.36 bits per heavy atom. The van der Waals surface area contributed by atoms with Crippen LogP contribution in [0.3, 0.4) is 0 Å². The molecule has 1 atom stereocenters. The van der Waals surface area contributed by atoms with Gasteiger partial charge in [0, 0.05) is 20.6 Å². The van der Waals surface area contributed by atoms with E-state index < -0.39 is 21.2 Å². The molecule has 0 radical (unpaired) electrons. The Bertz CT molecular complexity index is 777. The van der Waals surface area contributed by atoms with Crippen LogP contribution in [0.25, 0.3) is 0 Å². The summed E-state index contributed by atoms with van der Waals surface area (Å²) in [5.41, 5.74) is 1.29. The molecule has 0 aromatic heterocycles. The molecule has 2 rings (SSSR count). The van der Waals surface area contributed by atoms with Crippen molar-refractivity contribution in [2.24, 2.45) is 0 Å². The van der Waals surface area contributed by atoms with Crippen LogP contribution in [0.5, 0.6) is 0 Å². The van der Waals surface area contributed by atoms with Gasteiger partial charge in [0.05, 0.1) is 23.8 Å². The summed E-state index contributed by atoms with van der Waals surface area (Å²) in [5, 5.41) is -0.486. The first kappa shape index (κ1) is 19.7. The van der Waals surface area contributed by atoms with Crippen LogP contribution in [0, 0.1) is 0 Å². The van der Waals surface area contributed by atoms with Gasteiger partial charge in [0.2, 0.25) is 15.9 Å². The van der Waals surface area contributed by atoms with Crippen LogP contribution in [0.1, 0.15) is 12.5 Å². The zero-order valence-corrected chi connectivity index (χ0v) is 16.3. The summed E-state index contributed by atoms with van der Waals surface area (Å²) < 4.78 is 30.9. The van der Waals surface area contributed by atoms with Crippen molar-refractivity contribution in [1.29, 1.82) is 0 Å². The maximum absolute atomic E-state index is 12.8. The Morgan fingerprint density at radius 3 is 2.64 bits per heavy atom. The van der Waals surface area contributed by atoms with Crippen molar-refractivity contribution < 1.29 is 22.7 Å². The Hall–Kier alpha value is -1.58. The molecule has 138 valence electrons. The Labute approximate surface area is 152 Å². The number of anilines is 1. The van der Waals surface area contributed by atoms with Crippen molar-refractivity contribution in [2.45, 2.75) is 23.5 Å². The number of thioether (sulfide) groups is 1. The first-order valence-electron chi connectivity index (χ1n) is 7.74. The molecule has 1 aromatic carbocycles. The van der Waals surface area contributed by atoms with Crippen molar-refractivity contribution in [2.75, 3.05) is 38.4 Å². The number of ether oxygens (including phenoxy) is 1. The minimum atomic E-state index is -3.67.